The van der Waals surface area contributed by atoms with E-state index in [9.17, 15) is 10.1 Å². The monoisotopic (exact) mass is 232 g/mol. The van der Waals surface area contributed by atoms with Gasteiger partial charge in [0.15, 0.2) is 10.9 Å². The summed E-state index contributed by atoms with van der Waals surface area (Å²) in [6.07, 6.45) is 0. The quantitative estimate of drug-likeness (QED) is 0.422. The van der Waals surface area contributed by atoms with Gasteiger partial charge in [0.05, 0.1) is 4.92 Å². The number of thiol groups is 1. The molecule has 0 fully saturated rings. The first kappa shape index (κ1) is 13.5. The summed E-state index contributed by atoms with van der Waals surface area (Å²) < 4.78 is 17.6. The molecule has 7 heteroatoms. The molecule has 0 aliphatic carbocycles. The SMILES string of the molecule is Cc1cccc([N+](=O)[O-])c1C.N[SH](=O)=O. The molecule has 0 unspecified atom stereocenters. The van der Waals surface area contributed by atoms with Crippen molar-refractivity contribution in [3.8, 4) is 0 Å². The molecular weight excluding hydrogens is 220 g/mol. The van der Waals surface area contributed by atoms with Gasteiger partial charge in [-0.2, -0.15) is 0 Å². The molecular formula is C8H12N2O4S. The molecule has 0 bridgehead atoms. The van der Waals surface area contributed by atoms with Gasteiger partial charge < -0.3 is 0 Å². The molecule has 0 radical (unpaired) electrons. The maximum absolute atomic E-state index is 10.4. The highest BCUT2D eigenvalue weighted by atomic mass is 32.2. The number of aryl methyl sites for hydroxylation is 1. The van der Waals surface area contributed by atoms with Crippen LogP contribution < -0.4 is 5.14 Å². The Hall–Kier alpha value is -1.47. The van der Waals surface area contributed by atoms with Crippen molar-refractivity contribution in [3.63, 3.8) is 0 Å². The smallest absolute Gasteiger partial charge is 0.258 e. The fourth-order valence-corrected chi connectivity index (χ4v) is 0.933. The van der Waals surface area contributed by atoms with Crippen LogP contribution in [0.25, 0.3) is 0 Å². The number of hydrogen-bond donors (Lipinski definition) is 2. The number of hydrogen-bond acceptors (Lipinski definition) is 4. The Morgan fingerprint density at radius 2 is 1.80 bits per heavy atom. The van der Waals surface area contributed by atoms with Crippen LogP contribution in [0.15, 0.2) is 18.2 Å². The van der Waals surface area contributed by atoms with E-state index in [4.69, 9.17) is 8.42 Å². The summed E-state index contributed by atoms with van der Waals surface area (Å²) in [6, 6.07) is 5.07. The largest absolute Gasteiger partial charge is 0.272 e. The lowest BCUT2D eigenvalue weighted by atomic mass is 10.1. The number of nitro groups is 1. The topological polar surface area (TPSA) is 103 Å². The first-order chi connectivity index (χ1) is 6.86. The molecule has 1 aromatic rings. The molecule has 0 amide bonds. The molecule has 0 spiro atoms. The lowest BCUT2D eigenvalue weighted by Gasteiger charge is -1.98. The zero-order valence-corrected chi connectivity index (χ0v) is 9.23. The van der Waals surface area contributed by atoms with Gasteiger partial charge in [0.2, 0.25) is 0 Å². The Kier molecular flexibility index (Phi) is 5.50. The standard InChI is InChI=1S/C8H9NO2.H3NO2S/c1-6-4-3-5-8(7(6)2)9(10)11;1-4(2)3/h3-5H,1-2H3;4H,(H2,1,2,3). The van der Waals surface area contributed by atoms with Gasteiger partial charge in [0.1, 0.15) is 0 Å². The summed E-state index contributed by atoms with van der Waals surface area (Å²) in [5.74, 6) is 0. The third-order valence-corrected chi connectivity index (χ3v) is 1.77. The van der Waals surface area contributed by atoms with Crippen molar-refractivity contribution in [3.05, 3.63) is 39.4 Å². The lowest BCUT2D eigenvalue weighted by Crippen LogP contribution is -1.92. The predicted molar refractivity (Wildman–Crippen MR) is 57.1 cm³/mol. The van der Waals surface area contributed by atoms with Crippen molar-refractivity contribution < 1.29 is 13.3 Å². The first-order valence-electron chi connectivity index (χ1n) is 3.96. The van der Waals surface area contributed by atoms with E-state index in [0.29, 0.717) is 0 Å². The molecule has 84 valence electrons. The molecule has 0 atom stereocenters. The summed E-state index contributed by atoms with van der Waals surface area (Å²) >= 11 is 0. The van der Waals surface area contributed by atoms with Crippen LogP contribution in [0.2, 0.25) is 0 Å². The molecule has 0 aromatic heterocycles. The molecule has 1 rings (SSSR count). The normalized spacial score (nSPS) is 9.33. The Morgan fingerprint density at radius 1 is 1.33 bits per heavy atom. The second-order valence-corrected chi connectivity index (χ2v) is 3.33. The second-order valence-electron chi connectivity index (χ2n) is 2.76. The first-order valence-corrected chi connectivity index (χ1v) is 5.20. The molecule has 0 saturated carbocycles. The Labute approximate surface area is 89.0 Å². The minimum atomic E-state index is -2.62. The van der Waals surface area contributed by atoms with Gasteiger partial charge in [-0.05, 0) is 19.4 Å². The number of nitrogens with two attached hydrogens (primary N) is 1. The van der Waals surface area contributed by atoms with Crippen LogP contribution in [0, 0.1) is 24.0 Å². The third-order valence-electron chi connectivity index (χ3n) is 1.77. The highest BCUT2D eigenvalue weighted by Gasteiger charge is 2.09. The molecule has 2 N–H and O–H groups in total. The van der Waals surface area contributed by atoms with Gasteiger partial charge in [0.25, 0.3) is 5.69 Å². The summed E-state index contributed by atoms with van der Waals surface area (Å²) in [6.45, 7) is 3.62. The van der Waals surface area contributed by atoms with Crippen molar-refractivity contribution in [2.45, 2.75) is 13.8 Å². The Morgan fingerprint density at radius 3 is 2.13 bits per heavy atom. The minimum absolute atomic E-state index is 0.199. The highest BCUT2D eigenvalue weighted by molar-refractivity contribution is 7.69. The van der Waals surface area contributed by atoms with E-state index in [1.54, 1.807) is 13.0 Å². The maximum Gasteiger partial charge on any atom is 0.272 e. The second kappa shape index (κ2) is 6.10. The van der Waals surface area contributed by atoms with Gasteiger partial charge in [-0.25, -0.2) is 13.6 Å². The van der Waals surface area contributed by atoms with Crippen molar-refractivity contribution in [1.29, 1.82) is 0 Å². The fraction of sp³-hybridized carbons (Fsp3) is 0.250. The van der Waals surface area contributed by atoms with E-state index in [1.807, 2.05) is 13.0 Å². The molecule has 15 heavy (non-hydrogen) atoms. The van der Waals surface area contributed by atoms with Crippen LogP contribution in [0.5, 0.6) is 0 Å². The van der Waals surface area contributed by atoms with Gasteiger partial charge >= 0.3 is 0 Å². The van der Waals surface area contributed by atoms with Crippen LogP contribution >= 0.6 is 0 Å². The lowest BCUT2D eigenvalue weighted by molar-refractivity contribution is -0.385. The van der Waals surface area contributed by atoms with Crippen LogP contribution in [-0.2, 0) is 10.9 Å². The average Bonchev–Trinajstić information content (AvgIpc) is 2.08. The third kappa shape index (κ3) is 5.08. The van der Waals surface area contributed by atoms with Crippen LogP contribution in [0.4, 0.5) is 5.69 Å². The number of benzene rings is 1. The van der Waals surface area contributed by atoms with Crippen LogP contribution in [0.3, 0.4) is 0 Å². The Balaban J connectivity index is 0.000000423. The molecule has 0 saturated heterocycles. The number of nitro benzene ring substituents is 1. The molecule has 6 nitrogen and oxygen atoms in total. The van der Waals surface area contributed by atoms with Crippen molar-refractivity contribution in [1.82, 2.24) is 0 Å². The van der Waals surface area contributed by atoms with E-state index in [-0.39, 0.29) is 10.6 Å². The number of rotatable bonds is 1. The zero-order chi connectivity index (χ0) is 12.0. The molecule has 0 aliphatic heterocycles. The summed E-state index contributed by atoms with van der Waals surface area (Å²) in [7, 11) is -2.62. The van der Waals surface area contributed by atoms with Crippen LogP contribution in [-0.4, -0.2) is 13.3 Å². The predicted octanol–water partition coefficient (Wildman–Crippen LogP) is 0.683. The van der Waals surface area contributed by atoms with Crippen molar-refractivity contribution >= 4 is 16.6 Å². The maximum atomic E-state index is 10.4. The Bertz CT molecular complexity index is 421. The van der Waals surface area contributed by atoms with E-state index in [2.05, 4.69) is 5.14 Å². The van der Waals surface area contributed by atoms with Gasteiger partial charge in [-0.15, -0.1) is 0 Å². The average molecular weight is 232 g/mol. The van der Waals surface area contributed by atoms with Crippen LogP contribution in [0.1, 0.15) is 11.1 Å². The molecule has 0 aliphatic rings. The van der Waals surface area contributed by atoms with Gasteiger partial charge in [0, 0.05) is 11.6 Å². The zero-order valence-electron chi connectivity index (χ0n) is 8.34. The van der Waals surface area contributed by atoms with Gasteiger partial charge in [-0.3, -0.25) is 10.1 Å². The van der Waals surface area contributed by atoms with E-state index < -0.39 is 10.9 Å². The van der Waals surface area contributed by atoms with Crippen molar-refractivity contribution in [2.75, 3.05) is 0 Å². The van der Waals surface area contributed by atoms with E-state index in [1.165, 1.54) is 6.07 Å². The molecule has 1 aromatic carbocycles. The summed E-state index contributed by atoms with van der Waals surface area (Å²) in [5.41, 5.74) is 1.90. The highest BCUT2D eigenvalue weighted by Crippen LogP contribution is 2.19. The summed E-state index contributed by atoms with van der Waals surface area (Å²) in [4.78, 5) is 10.0. The summed E-state index contributed by atoms with van der Waals surface area (Å²) in [5, 5.41) is 14.4. The van der Waals surface area contributed by atoms with E-state index >= 15 is 0 Å². The van der Waals surface area contributed by atoms with Crippen molar-refractivity contribution in [2.24, 2.45) is 5.14 Å². The molecule has 0 heterocycles. The minimum Gasteiger partial charge on any atom is -0.258 e. The van der Waals surface area contributed by atoms with Gasteiger partial charge in [-0.1, -0.05) is 12.1 Å². The van der Waals surface area contributed by atoms with E-state index in [0.717, 1.165) is 11.1 Å². The number of nitrogens with zero attached hydrogens (tertiary/aromatic N) is 1. The fourth-order valence-electron chi connectivity index (χ4n) is 0.933.